The quantitative estimate of drug-likeness (QED) is 0.355. The number of methoxy groups -OCH3 is 1. The van der Waals surface area contributed by atoms with Crippen LogP contribution < -0.4 is 21.5 Å². The maximum absolute atomic E-state index is 12.5. The van der Waals surface area contributed by atoms with Crippen LogP contribution in [0, 0.1) is 0 Å². The average Bonchev–Trinajstić information content (AvgIpc) is 2.71. The lowest BCUT2D eigenvalue weighted by molar-refractivity contribution is 0.101. The molecule has 1 aromatic heterocycles. The summed E-state index contributed by atoms with van der Waals surface area (Å²) in [6, 6.07) is 14.3. The van der Waals surface area contributed by atoms with Crippen molar-refractivity contribution in [3.8, 4) is 5.75 Å². The van der Waals surface area contributed by atoms with E-state index in [-0.39, 0.29) is 16.8 Å². The molecule has 1 heterocycles. The van der Waals surface area contributed by atoms with Crippen molar-refractivity contribution in [1.82, 2.24) is 14.9 Å². The van der Waals surface area contributed by atoms with E-state index in [2.05, 4.69) is 15.5 Å². The highest BCUT2D eigenvalue weighted by Gasteiger charge is 2.13. The van der Waals surface area contributed by atoms with E-state index in [9.17, 15) is 9.59 Å². The molecule has 0 amide bonds. The zero-order valence-electron chi connectivity index (χ0n) is 15.4. The van der Waals surface area contributed by atoms with Gasteiger partial charge in [0, 0.05) is 22.6 Å². The van der Waals surface area contributed by atoms with Gasteiger partial charge in [-0.25, -0.2) is 0 Å². The number of benzene rings is 2. The number of ether oxygens (including phenoxy) is 1. The lowest BCUT2D eigenvalue weighted by Crippen LogP contribution is -2.32. The summed E-state index contributed by atoms with van der Waals surface area (Å²) in [6.07, 6.45) is 0. The molecule has 0 unspecified atom stereocenters. The Morgan fingerprint density at radius 2 is 2.00 bits per heavy atom. The van der Waals surface area contributed by atoms with Crippen molar-refractivity contribution < 1.29 is 9.53 Å². The van der Waals surface area contributed by atoms with Crippen LogP contribution in [-0.2, 0) is 5.75 Å². The second kappa shape index (κ2) is 8.57. The van der Waals surface area contributed by atoms with Crippen molar-refractivity contribution in [3.63, 3.8) is 0 Å². The van der Waals surface area contributed by atoms with Crippen molar-refractivity contribution in [2.75, 3.05) is 18.3 Å². The highest BCUT2D eigenvalue weighted by molar-refractivity contribution is 7.98. The second-order valence-corrected chi connectivity index (χ2v) is 6.81. The molecule has 0 bridgehead atoms. The van der Waals surface area contributed by atoms with Crippen molar-refractivity contribution >= 4 is 29.1 Å². The standard InChI is InChI=1S/C19H19N5O3S/c1-12(25)13-7-5-8-15(10-13)21-17-18(26)24(20)19(23-22-17)28-11-14-6-3-4-9-16(14)27-2/h3-10H,11,20H2,1-2H3,(H,21,22). The van der Waals surface area contributed by atoms with E-state index in [1.54, 1.807) is 31.4 Å². The monoisotopic (exact) mass is 397 g/mol. The van der Waals surface area contributed by atoms with Crippen LogP contribution in [0.4, 0.5) is 11.5 Å². The molecule has 0 fully saturated rings. The van der Waals surface area contributed by atoms with Gasteiger partial charge in [0.1, 0.15) is 5.75 Å². The van der Waals surface area contributed by atoms with E-state index in [0.29, 0.717) is 17.0 Å². The fourth-order valence-electron chi connectivity index (χ4n) is 2.48. The highest BCUT2D eigenvalue weighted by atomic mass is 32.2. The van der Waals surface area contributed by atoms with Gasteiger partial charge in [0.25, 0.3) is 0 Å². The number of nitrogens with two attached hydrogens (primary N) is 1. The Balaban J connectivity index is 1.78. The van der Waals surface area contributed by atoms with Crippen LogP contribution in [-0.4, -0.2) is 27.8 Å². The van der Waals surface area contributed by atoms with Gasteiger partial charge in [0.15, 0.2) is 5.78 Å². The molecule has 144 valence electrons. The Morgan fingerprint density at radius 3 is 2.75 bits per heavy atom. The molecular weight excluding hydrogens is 378 g/mol. The van der Waals surface area contributed by atoms with Crippen LogP contribution in [0.15, 0.2) is 58.5 Å². The smallest absolute Gasteiger partial charge is 0.315 e. The van der Waals surface area contributed by atoms with Crippen LogP contribution in [0.25, 0.3) is 0 Å². The lowest BCUT2D eigenvalue weighted by atomic mass is 10.1. The third kappa shape index (κ3) is 4.32. The summed E-state index contributed by atoms with van der Waals surface area (Å²) in [5, 5.41) is 11.1. The Labute approximate surface area is 165 Å². The van der Waals surface area contributed by atoms with Crippen molar-refractivity contribution in [1.29, 1.82) is 0 Å². The number of carbonyl (C=O) groups is 1. The van der Waals surface area contributed by atoms with E-state index in [4.69, 9.17) is 10.6 Å². The first-order valence-corrected chi connectivity index (χ1v) is 9.35. The molecule has 0 radical (unpaired) electrons. The molecular formula is C19H19N5O3S. The van der Waals surface area contributed by atoms with Gasteiger partial charge in [0.05, 0.1) is 7.11 Å². The molecule has 8 nitrogen and oxygen atoms in total. The van der Waals surface area contributed by atoms with Gasteiger partial charge in [0.2, 0.25) is 11.0 Å². The Hall–Kier alpha value is -3.33. The van der Waals surface area contributed by atoms with Gasteiger partial charge in [-0.2, -0.15) is 4.68 Å². The number of aromatic nitrogens is 3. The third-order valence-corrected chi connectivity index (χ3v) is 4.94. The van der Waals surface area contributed by atoms with E-state index < -0.39 is 5.56 Å². The fraction of sp³-hybridized carbons (Fsp3) is 0.158. The number of para-hydroxylation sites is 1. The molecule has 0 saturated heterocycles. The number of ketones is 1. The Kier molecular flexibility index (Phi) is 5.95. The number of nitrogen functional groups attached to an aromatic ring is 1. The van der Waals surface area contributed by atoms with Crippen LogP contribution in [0.1, 0.15) is 22.8 Å². The summed E-state index contributed by atoms with van der Waals surface area (Å²) in [4.78, 5) is 24.0. The number of Topliss-reactive ketones (excluding diaryl/α,β-unsaturated/α-hetero) is 1. The fourth-order valence-corrected chi connectivity index (χ4v) is 3.32. The summed E-state index contributed by atoms with van der Waals surface area (Å²) in [5.41, 5.74) is 1.50. The van der Waals surface area contributed by atoms with Gasteiger partial charge in [-0.1, -0.05) is 42.1 Å². The number of hydrogen-bond donors (Lipinski definition) is 2. The molecule has 28 heavy (non-hydrogen) atoms. The molecule has 0 saturated carbocycles. The molecule has 3 aromatic rings. The molecule has 0 aliphatic heterocycles. The van der Waals surface area contributed by atoms with Crippen LogP contribution in [0.2, 0.25) is 0 Å². The minimum absolute atomic E-state index is 0.0233. The zero-order chi connectivity index (χ0) is 20.1. The maximum atomic E-state index is 12.5. The number of rotatable bonds is 7. The molecule has 0 aliphatic rings. The highest BCUT2D eigenvalue weighted by Crippen LogP contribution is 2.25. The van der Waals surface area contributed by atoms with Crippen LogP contribution in [0.5, 0.6) is 5.75 Å². The van der Waals surface area contributed by atoms with Crippen LogP contribution >= 0.6 is 11.8 Å². The van der Waals surface area contributed by atoms with Gasteiger partial charge < -0.3 is 15.9 Å². The number of nitrogens with one attached hydrogen (secondary N) is 1. The second-order valence-electron chi connectivity index (χ2n) is 5.87. The predicted molar refractivity (Wildman–Crippen MR) is 109 cm³/mol. The van der Waals surface area contributed by atoms with Gasteiger partial charge in [-0.3, -0.25) is 9.59 Å². The summed E-state index contributed by atoms with van der Waals surface area (Å²) < 4.78 is 6.27. The first kappa shape index (κ1) is 19.4. The molecule has 9 heteroatoms. The topological polar surface area (TPSA) is 112 Å². The molecule has 0 atom stereocenters. The van der Waals surface area contributed by atoms with Crippen molar-refractivity contribution in [3.05, 3.63) is 70.0 Å². The number of hydrogen-bond acceptors (Lipinski definition) is 8. The van der Waals surface area contributed by atoms with Crippen molar-refractivity contribution in [2.24, 2.45) is 0 Å². The zero-order valence-corrected chi connectivity index (χ0v) is 16.2. The number of carbonyl (C=O) groups excluding carboxylic acids is 1. The van der Waals surface area contributed by atoms with Crippen molar-refractivity contribution in [2.45, 2.75) is 17.8 Å². The minimum atomic E-state index is -0.522. The molecule has 0 spiro atoms. The van der Waals surface area contributed by atoms with Gasteiger partial charge in [-0.15, -0.1) is 10.2 Å². The summed E-state index contributed by atoms with van der Waals surface area (Å²) >= 11 is 1.28. The predicted octanol–water partition coefficient (Wildman–Crippen LogP) is 2.60. The van der Waals surface area contributed by atoms with Crippen LogP contribution in [0.3, 0.4) is 0 Å². The Bertz CT molecular complexity index is 1070. The van der Waals surface area contributed by atoms with E-state index in [0.717, 1.165) is 16.0 Å². The normalized spacial score (nSPS) is 10.5. The number of anilines is 2. The summed E-state index contributed by atoms with van der Waals surface area (Å²) in [6.45, 7) is 1.47. The molecule has 0 aliphatic carbocycles. The minimum Gasteiger partial charge on any atom is -0.496 e. The summed E-state index contributed by atoms with van der Waals surface area (Å²) in [7, 11) is 1.60. The van der Waals surface area contributed by atoms with E-state index in [1.807, 2.05) is 24.3 Å². The van der Waals surface area contributed by atoms with Gasteiger partial charge in [-0.05, 0) is 25.1 Å². The third-order valence-electron chi connectivity index (χ3n) is 3.94. The van der Waals surface area contributed by atoms with E-state index in [1.165, 1.54) is 18.7 Å². The molecule has 3 N–H and O–H groups in total. The Morgan fingerprint density at radius 1 is 1.21 bits per heavy atom. The average molecular weight is 397 g/mol. The SMILES string of the molecule is COc1ccccc1CSc1nnc(Nc2cccc(C(C)=O)c2)c(=O)n1N. The lowest BCUT2D eigenvalue weighted by Gasteiger charge is -2.10. The number of nitrogens with zero attached hydrogens (tertiary/aromatic N) is 3. The first-order valence-electron chi connectivity index (χ1n) is 8.37. The number of thioether (sulfide) groups is 1. The maximum Gasteiger partial charge on any atom is 0.315 e. The first-order chi connectivity index (χ1) is 13.5. The summed E-state index contributed by atoms with van der Waals surface area (Å²) in [5.74, 6) is 7.07. The largest absolute Gasteiger partial charge is 0.496 e. The van der Waals surface area contributed by atoms with E-state index >= 15 is 0 Å². The van der Waals surface area contributed by atoms with Gasteiger partial charge >= 0.3 is 5.56 Å². The molecule has 3 rings (SSSR count). The molecule has 2 aromatic carbocycles.